The highest BCUT2D eigenvalue weighted by Crippen LogP contribution is 2.25. The fourth-order valence-corrected chi connectivity index (χ4v) is 3.93. The number of H-pyrrole nitrogens is 1. The van der Waals surface area contributed by atoms with Crippen LogP contribution in [0.25, 0.3) is 15.9 Å². The highest BCUT2D eigenvalue weighted by Gasteiger charge is 2.15. The summed E-state index contributed by atoms with van der Waals surface area (Å²) in [4.78, 5) is 22.9. The van der Waals surface area contributed by atoms with Crippen molar-refractivity contribution in [3.05, 3.63) is 58.1 Å². The number of nitrogens with one attached hydrogen (secondary N) is 1. The second-order valence-electron chi connectivity index (χ2n) is 5.89. The summed E-state index contributed by atoms with van der Waals surface area (Å²) in [6.45, 7) is 5.62. The van der Waals surface area contributed by atoms with Gasteiger partial charge in [0.05, 0.1) is 0 Å². The van der Waals surface area contributed by atoms with E-state index in [0.29, 0.717) is 4.96 Å². The second-order valence-corrected chi connectivity index (χ2v) is 6.83. The average Bonchev–Trinajstić information content (AvgIpc) is 3.24. The van der Waals surface area contributed by atoms with E-state index in [1.54, 1.807) is 6.07 Å². The van der Waals surface area contributed by atoms with Crippen LogP contribution in [0.2, 0.25) is 0 Å². The topological polar surface area (TPSA) is 66.3 Å². The number of anilines is 1. The summed E-state index contributed by atoms with van der Waals surface area (Å²) >= 11 is 1.46. The molecular weight excluding hydrogens is 334 g/mol. The van der Waals surface area contributed by atoms with Crippen LogP contribution in [0.3, 0.4) is 0 Å². The monoisotopic (exact) mass is 353 g/mol. The molecule has 6 nitrogen and oxygen atoms in total. The van der Waals surface area contributed by atoms with E-state index in [0.717, 1.165) is 35.9 Å². The molecule has 0 aliphatic heterocycles. The van der Waals surface area contributed by atoms with E-state index in [1.165, 1.54) is 26.8 Å². The van der Waals surface area contributed by atoms with Gasteiger partial charge in [0.2, 0.25) is 10.1 Å². The summed E-state index contributed by atoms with van der Waals surface area (Å²) in [5, 5.41) is 6.52. The maximum atomic E-state index is 12.2. The van der Waals surface area contributed by atoms with Crippen molar-refractivity contribution in [2.24, 2.45) is 0 Å². The first-order valence-corrected chi connectivity index (χ1v) is 9.21. The summed E-state index contributed by atoms with van der Waals surface area (Å²) in [7, 11) is 0. The Labute approximate surface area is 148 Å². The van der Waals surface area contributed by atoms with Crippen molar-refractivity contribution >= 4 is 32.3 Å². The van der Waals surface area contributed by atoms with Crippen LogP contribution in [0, 0.1) is 0 Å². The lowest BCUT2D eigenvalue weighted by Gasteiger charge is -2.18. The molecule has 25 heavy (non-hydrogen) atoms. The van der Waals surface area contributed by atoms with Crippen molar-refractivity contribution in [2.45, 2.75) is 26.8 Å². The van der Waals surface area contributed by atoms with Crippen LogP contribution in [0.5, 0.6) is 0 Å². The van der Waals surface area contributed by atoms with E-state index in [1.807, 2.05) is 25.3 Å². The molecule has 0 fully saturated rings. The minimum absolute atomic E-state index is 0.118. The van der Waals surface area contributed by atoms with Crippen LogP contribution in [0.4, 0.5) is 5.13 Å². The molecule has 0 amide bonds. The van der Waals surface area contributed by atoms with Crippen LogP contribution in [0.15, 0.2) is 41.3 Å². The maximum absolute atomic E-state index is 12.2. The van der Waals surface area contributed by atoms with E-state index in [9.17, 15) is 4.79 Å². The molecular formula is C18H19N5OS. The molecule has 0 saturated carbocycles. The Morgan fingerprint density at radius 1 is 1.28 bits per heavy atom. The van der Waals surface area contributed by atoms with Gasteiger partial charge in [-0.2, -0.15) is 4.52 Å². The largest absolute Gasteiger partial charge is 0.361 e. The first kappa shape index (κ1) is 15.8. The number of rotatable bonds is 5. The molecule has 0 radical (unpaired) electrons. The predicted octanol–water partition coefficient (Wildman–Crippen LogP) is 3.22. The second kappa shape index (κ2) is 6.33. The number of aromatic amines is 1. The Bertz CT molecular complexity index is 1090. The molecule has 4 aromatic rings. The number of hydrogen-bond donors (Lipinski definition) is 1. The molecule has 0 spiro atoms. The van der Waals surface area contributed by atoms with Gasteiger partial charge in [0.15, 0.2) is 0 Å². The van der Waals surface area contributed by atoms with Gasteiger partial charge in [0.25, 0.3) is 5.56 Å². The third-order valence-electron chi connectivity index (χ3n) is 4.34. The van der Waals surface area contributed by atoms with Crippen LogP contribution < -0.4 is 10.5 Å². The summed E-state index contributed by atoms with van der Waals surface area (Å²) < 4.78 is 1.40. The van der Waals surface area contributed by atoms with Crippen molar-refractivity contribution in [3.8, 4) is 0 Å². The van der Waals surface area contributed by atoms with Gasteiger partial charge in [0.1, 0.15) is 0 Å². The summed E-state index contributed by atoms with van der Waals surface area (Å²) in [5.74, 6) is 0. The van der Waals surface area contributed by atoms with Crippen LogP contribution in [-0.2, 0) is 13.0 Å². The zero-order chi connectivity index (χ0) is 17.4. The van der Waals surface area contributed by atoms with Crippen LogP contribution in [-0.4, -0.2) is 26.1 Å². The molecule has 128 valence electrons. The van der Waals surface area contributed by atoms with Crippen LogP contribution in [0.1, 0.15) is 25.1 Å². The van der Waals surface area contributed by atoms with Crippen molar-refractivity contribution in [1.82, 2.24) is 19.6 Å². The fourth-order valence-electron chi connectivity index (χ4n) is 2.94. The van der Waals surface area contributed by atoms with Gasteiger partial charge in [-0.15, -0.1) is 5.10 Å². The molecule has 4 rings (SSSR count). The standard InChI is InChI=1S/C18H19N5OS/c1-3-13-9-16(24)23-17(20-13)25-18(21-23)22(4-2)11-12-10-19-15-8-6-5-7-14(12)15/h5-10,19H,3-4,11H2,1-2H3. The Morgan fingerprint density at radius 2 is 2.12 bits per heavy atom. The van der Waals surface area contributed by atoms with Gasteiger partial charge in [0, 0.05) is 41.9 Å². The average molecular weight is 353 g/mol. The molecule has 3 heterocycles. The Kier molecular flexibility index (Phi) is 4.01. The zero-order valence-electron chi connectivity index (χ0n) is 14.2. The quantitative estimate of drug-likeness (QED) is 0.598. The molecule has 0 unspecified atom stereocenters. The van der Waals surface area contributed by atoms with E-state index in [2.05, 4.69) is 39.0 Å². The number of para-hydroxylation sites is 1. The first-order chi connectivity index (χ1) is 12.2. The normalized spacial score (nSPS) is 11.4. The summed E-state index contributed by atoms with van der Waals surface area (Å²) in [6.07, 6.45) is 2.78. The first-order valence-electron chi connectivity index (χ1n) is 8.39. The number of hydrogen-bond acceptors (Lipinski definition) is 5. The van der Waals surface area contributed by atoms with E-state index in [-0.39, 0.29) is 5.56 Å². The van der Waals surface area contributed by atoms with Gasteiger partial charge in [-0.1, -0.05) is 36.5 Å². The Balaban J connectivity index is 1.72. The minimum Gasteiger partial charge on any atom is -0.361 e. The molecule has 0 aliphatic carbocycles. The van der Waals surface area contributed by atoms with Crippen LogP contribution >= 0.6 is 11.3 Å². The lowest BCUT2D eigenvalue weighted by atomic mass is 10.1. The third-order valence-corrected chi connectivity index (χ3v) is 5.31. The van der Waals surface area contributed by atoms with Crippen molar-refractivity contribution in [2.75, 3.05) is 11.4 Å². The number of aromatic nitrogens is 4. The highest BCUT2D eigenvalue weighted by molar-refractivity contribution is 7.20. The van der Waals surface area contributed by atoms with Gasteiger partial charge >= 0.3 is 0 Å². The molecule has 0 bridgehead atoms. The molecule has 7 heteroatoms. The van der Waals surface area contributed by atoms with E-state index in [4.69, 9.17) is 0 Å². The predicted molar refractivity (Wildman–Crippen MR) is 102 cm³/mol. The minimum atomic E-state index is -0.118. The van der Waals surface area contributed by atoms with Crippen molar-refractivity contribution < 1.29 is 0 Å². The molecule has 0 saturated heterocycles. The third kappa shape index (κ3) is 2.80. The van der Waals surface area contributed by atoms with E-state index >= 15 is 0 Å². The van der Waals surface area contributed by atoms with Gasteiger partial charge in [-0.3, -0.25) is 4.79 Å². The van der Waals surface area contributed by atoms with Gasteiger partial charge < -0.3 is 9.88 Å². The highest BCUT2D eigenvalue weighted by atomic mass is 32.1. The molecule has 3 aromatic heterocycles. The SMILES string of the molecule is CCc1cc(=O)n2nc(N(CC)Cc3c[nH]c4ccccc34)sc2n1. The Morgan fingerprint density at radius 3 is 2.92 bits per heavy atom. The molecule has 1 aromatic carbocycles. The van der Waals surface area contributed by atoms with Crippen molar-refractivity contribution in [3.63, 3.8) is 0 Å². The van der Waals surface area contributed by atoms with Crippen molar-refractivity contribution in [1.29, 1.82) is 0 Å². The lowest BCUT2D eigenvalue weighted by Crippen LogP contribution is -2.22. The molecule has 1 N–H and O–H groups in total. The lowest BCUT2D eigenvalue weighted by molar-refractivity contribution is 0.794. The smallest absolute Gasteiger partial charge is 0.275 e. The summed E-state index contributed by atoms with van der Waals surface area (Å²) in [6, 6.07) is 9.82. The Hall–Kier alpha value is -2.67. The maximum Gasteiger partial charge on any atom is 0.275 e. The fraction of sp³-hybridized carbons (Fsp3) is 0.278. The van der Waals surface area contributed by atoms with Gasteiger partial charge in [-0.05, 0) is 25.0 Å². The molecule has 0 atom stereocenters. The van der Waals surface area contributed by atoms with Gasteiger partial charge in [-0.25, -0.2) is 4.98 Å². The zero-order valence-corrected chi connectivity index (χ0v) is 15.0. The number of fused-ring (bicyclic) bond motifs is 2. The summed E-state index contributed by atoms with van der Waals surface area (Å²) in [5.41, 5.74) is 3.03. The number of aryl methyl sites for hydroxylation is 1. The molecule has 0 aliphatic rings. The number of benzene rings is 1. The number of nitrogens with zero attached hydrogens (tertiary/aromatic N) is 4. The van der Waals surface area contributed by atoms with E-state index < -0.39 is 0 Å².